The summed E-state index contributed by atoms with van der Waals surface area (Å²) >= 11 is 0. The van der Waals surface area contributed by atoms with Gasteiger partial charge in [-0.25, -0.2) is 18.7 Å². The average Bonchev–Trinajstić information content (AvgIpc) is 1.62. The summed E-state index contributed by atoms with van der Waals surface area (Å²) in [5.74, 6) is -2.87. The molecule has 0 saturated carbocycles. The Labute approximate surface area is 609 Å². The molecule has 0 unspecified atom stereocenters. The molecule has 536 valence electrons. The number of hydrogen-bond donors (Lipinski definition) is 0. The van der Waals surface area contributed by atoms with Crippen LogP contribution in [0.5, 0.6) is 0 Å². The van der Waals surface area contributed by atoms with Crippen LogP contribution in [0.15, 0.2) is 206 Å². The molecule has 2 saturated heterocycles. The molecule has 0 spiro atoms. The number of para-hydroxylation sites is 2. The fourth-order valence-electron chi connectivity index (χ4n) is 15.6. The van der Waals surface area contributed by atoms with Gasteiger partial charge in [0.05, 0.1) is 10.8 Å². The number of carbonyl (C=O) groups excluding carboxylic acids is 6. The van der Waals surface area contributed by atoms with Crippen molar-refractivity contribution in [2.24, 2.45) is 0 Å². The number of allylic oxidation sites excluding steroid dienone is 10. The van der Waals surface area contributed by atoms with Crippen LogP contribution in [-0.4, -0.2) is 92.4 Å². The number of fused-ring (bicyclic) bond motifs is 4. The summed E-state index contributed by atoms with van der Waals surface area (Å²) in [6.07, 6.45) is 35.0. The van der Waals surface area contributed by atoms with Gasteiger partial charge in [-0.3, -0.25) is 19.2 Å². The number of unbranched alkanes of at least 4 members (excludes halogenated alkanes) is 5. The fraction of sp³-hybridized carbons (Fsp3) is 0.402. The predicted octanol–water partition coefficient (Wildman–Crippen LogP) is 15.3. The van der Waals surface area contributed by atoms with E-state index in [0.717, 1.165) is 84.2 Å². The predicted molar refractivity (Wildman–Crippen MR) is 404 cm³/mol. The van der Waals surface area contributed by atoms with Crippen molar-refractivity contribution in [3.05, 3.63) is 239 Å². The highest BCUT2D eigenvalue weighted by Crippen LogP contribution is 2.50. The normalized spacial score (nSPS) is 18.3. The van der Waals surface area contributed by atoms with Gasteiger partial charge in [-0.15, -0.1) is 10.1 Å². The molecule has 2 aromatic heterocycles. The maximum atomic E-state index is 12.3. The molecule has 16 heteroatoms. The van der Waals surface area contributed by atoms with Crippen LogP contribution in [0.1, 0.15) is 185 Å². The highest BCUT2D eigenvalue weighted by molar-refractivity contribution is 6.05. The monoisotopic (exact) mass is 1390 g/mol. The van der Waals surface area contributed by atoms with E-state index < -0.39 is 35.6 Å². The highest BCUT2D eigenvalue weighted by Gasteiger charge is 2.47. The lowest BCUT2D eigenvalue weighted by molar-refractivity contribution is -0.697. The number of benzene rings is 4. The molecular weight excluding hydrogens is 1290 g/mol. The van der Waals surface area contributed by atoms with Crippen LogP contribution >= 0.6 is 0 Å². The highest BCUT2D eigenvalue weighted by atomic mass is 16.7. The van der Waals surface area contributed by atoms with Gasteiger partial charge >= 0.3 is 11.9 Å². The van der Waals surface area contributed by atoms with Crippen molar-refractivity contribution in [1.29, 1.82) is 0 Å². The summed E-state index contributed by atoms with van der Waals surface area (Å²) in [6, 6.07) is 43.4. The molecule has 6 aliphatic heterocycles. The molecule has 0 bridgehead atoms. The average molecular weight is 1390 g/mol. The van der Waals surface area contributed by atoms with Crippen molar-refractivity contribution in [2.45, 2.75) is 200 Å². The Kier molecular flexibility index (Phi) is 23.5. The van der Waals surface area contributed by atoms with Crippen molar-refractivity contribution in [2.75, 3.05) is 36.0 Å². The first-order valence-electron chi connectivity index (χ1n) is 37.2. The van der Waals surface area contributed by atoms with Gasteiger partial charge < -0.3 is 19.5 Å². The Balaban J connectivity index is 0.000000207. The van der Waals surface area contributed by atoms with Gasteiger partial charge in [0, 0.05) is 171 Å². The lowest BCUT2D eigenvalue weighted by Crippen LogP contribution is -2.35. The van der Waals surface area contributed by atoms with Crippen LogP contribution in [-0.2, 0) is 73.2 Å². The molecule has 0 radical (unpaired) electrons. The lowest BCUT2D eigenvalue weighted by atomic mass is 9.81. The SMILES string of the molecule is Cc1ccc2c(c1)C(C)(C)/C(=C/C=C/C=C/C1=[N+](CCCCCC(=O)ON3C(=O)CCC3=O)c3ccccc3C1(C)C)N2CCC[n+]1ccccc1.Cc1ccc2c(c1)C(C)(C)/C(=C\C=C\C1=[N+](CCCCCC(=O)ON3C(=O)CCC3=O)c3ccccc3C1(C)C)N2CCCC[n+]1ccccc1. The molecule has 4 amide bonds. The van der Waals surface area contributed by atoms with E-state index in [-0.39, 0.29) is 60.2 Å². The first-order valence-corrected chi connectivity index (χ1v) is 37.2. The second-order valence-electron chi connectivity index (χ2n) is 30.2. The van der Waals surface area contributed by atoms with Crippen LogP contribution in [0.25, 0.3) is 0 Å². The molecule has 6 aromatic rings. The number of aryl methyl sites for hydroxylation is 4. The number of nitrogens with zero attached hydrogens (tertiary/aromatic N) is 8. The largest absolute Gasteiger partial charge is 0.344 e. The minimum atomic E-state index is -0.539. The molecule has 8 heterocycles. The number of hydrogen-bond acceptors (Lipinski definition) is 10. The Morgan fingerprint density at radius 2 is 0.806 bits per heavy atom. The maximum Gasteiger partial charge on any atom is 0.333 e. The second-order valence-corrected chi connectivity index (χ2v) is 30.2. The van der Waals surface area contributed by atoms with Gasteiger partial charge in [0.1, 0.15) is 26.2 Å². The zero-order valence-corrected chi connectivity index (χ0v) is 62.2. The van der Waals surface area contributed by atoms with E-state index in [9.17, 15) is 28.8 Å². The Morgan fingerprint density at radius 1 is 0.408 bits per heavy atom. The molecule has 2 fully saturated rings. The van der Waals surface area contributed by atoms with Gasteiger partial charge in [0.15, 0.2) is 36.2 Å². The zero-order valence-electron chi connectivity index (χ0n) is 62.2. The van der Waals surface area contributed by atoms with Crippen molar-refractivity contribution in [3.63, 3.8) is 0 Å². The standard InChI is InChI=1S/C44H52N4O4.C43H52N4O4/c1-33-23-24-37-35(32-33)44(4,5)39(47(37)31-17-29-45-27-14-8-15-28-45)21-10-6-9-20-38-43(2,3)34-18-12-13-19-36(34)46(38)30-16-7-11-22-42(51)52-48-40(49)25-26-41(48)50;1-32-22-23-36-34(31-32)43(4,5)38(46(36)30-15-14-28-44-26-11-7-12-27-44)20-16-19-37-42(2,3)33-17-9-10-18-35(33)45(37)29-13-6-8-21-41(50)51-47-39(48)24-25-40(47)49/h6,8-10,12-15,18-21,23-24,27-28,32H,7,11,16-17,22,25-26,29-31H2,1-5H3;7,9-12,16-20,22-23,26-27,31H,6,8,13-15,21,24-25,28-30H2,1-5H3/q2*+2. The van der Waals surface area contributed by atoms with E-state index in [0.29, 0.717) is 23.0 Å². The van der Waals surface area contributed by atoms with E-state index >= 15 is 0 Å². The summed E-state index contributed by atoms with van der Waals surface area (Å²) in [6.45, 7) is 28.3. The Bertz CT molecular complexity index is 4370. The number of rotatable bonds is 28. The molecule has 103 heavy (non-hydrogen) atoms. The summed E-state index contributed by atoms with van der Waals surface area (Å²) in [5, 5.41) is 1.26. The summed E-state index contributed by atoms with van der Waals surface area (Å²) in [5.41, 5.74) is 17.5. The van der Waals surface area contributed by atoms with E-state index in [2.05, 4.69) is 292 Å². The van der Waals surface area contributed by atoms with E-state index in [1.54, 1.807) is 0 Å². The van der Waals surface area contributed by atoms with Crippen LogP contribution in [0.3, 0.4) is 0 Å². The van der Waals surface area contributed by atoms with E-state index in [4.69, 9.17) is 9.68 Å². The summed E-state index contributed by atoms with van der Waals surface area (Å²) in [7, 11) is 0. The van der Waals surface area contributed by atoms with E-state index in [1.807, 2.05) is 0 Å². The zero-order chi connectivity index (χ0) is 73.1. The summed E-state index contributed by atoms with van der Waals surface area (Å²) < 4.78 is 9.34. The third-order valence-electron chi connectivity index (χ3n) is 21.3. The van der Waals surface area contributed by atoms with Gasteiger partial charge in [0.2, 0.25) is 11.4 Å². The summed E-state index contributed by atoms with van der Waals surface area (Å²) in [4.78, 5) is 86.9. The van der Waals surface area contributed by atoms with Crippen LogP contribution in [0, 0.1) is 13.8 Å². The number of carbonyl (C=O) groups is 6. The third kappa shape index (κ3) is 16.8. The minimum Gasteiger partial charge on any atom is -0.344 e. The van der Waals surface area contributed by atoms with E-state index in [1.165, 1.54) is 78.9 Å². The molecule has 16 nitrogen and oxygen atoms in total. The second kappa shape index (κ2) is 32.6. The van der Waals surface area contributed by atoms with Gasteiger partial charge in [-0.1, -0.05) is 136 Å². The van der Waals surface area contributed by atoms with Gasteiger partial charge in [-0.05, 0) is 109 Å². The number of imide groups is 2. The molecule has 0 aliphatic carbocycles. The van der Waals surface area contributed by atoms with Crippen molar-refractivity contribution in [1.82, 2.24) is 10.1 Å². The molecule has 12 rings (SSSR count). The minimum absolute atomic E-state index is 0.0980. The first-order chi connectivity index (χ1) is 49.5. The lowest BCUT2D eigenvalue weighted by Gasteiger charge is -2.27. The van der Waals surface area contributed by atoms with Gasteiger partial charge in [0.25, 0.3) is 23.6 Å². The third-order valence-corrected chi connectivity index (χ3v) is 21.3. The van der Waals surface area contributed by atoms with Crippen LogP contribution in [0.2, 0.25) is 0 Å². The number of pyridine rings is 2. The smallest absolute Gasteiger partial charge is 0.333 e. The first kappa shape index (κ1) is 74.2. The topological polar surface area (TPSA) is 148 Å². The van der Waals surface area contributed by atoms with Crippen LogP contribution < -0.4 is 18.9 Å². The number of hydroxylamine groups is 4. The Hall–Kier alpha value is -9.96. The van der Waals surface area contributed by atoms with Gasteiger partial charge in [-0.2, -0.15) is 9.15 Å². The van der Waals surface area contributed by atoms with Crippen molar-refractivity contribution in [3.8, 4) is 0 Å². The number of amides is 4. The number of aromatic nitrogens is 2. The molecular formula is C87H104N8O8+4. The Morgan fingerprint density at radius 3 is 1.26 bits per heavy atom. The molecule has 6 aliphatic rings. The number of anilines is 2. The molecule has 0 atom stereocenters. The molecule has 4 aromatic carbocycles. The van der Waals surface area contributed by atoms with Crippen LogP contribution in [0.4, 0.5) is 22.7 Å². The van der Waals surface area contributed by atoms with Crippen molar-refractivity contribution >= 4 is 69.7 Å². The fourth-order valence-corrected chi connectivity index (χ4v) is 15.6. The maximum absolute atomic E-state index is 12.3. The van der Waals surface area contributed by atoms with Crippen molar-refractivity contribution < 1.29 is 56.7 Å². The quantitative estimate of drug-likeness (QED) is 0.0201. The molecule has 0 N–H and O–H groups in total.